The number of halogens is 1. The Kier molecular flexibility index (Phi) is 3.39. The highest BCUT2D eigenvalue weighted by Crippen LogP contribution is 2.18. The maximum Gasteiger partial charge on any atom is 0.275 e. The van der Waals surface area contributed by atoms with Crippen molar-refractivity contribution in [2.45, 2.75) is 13.8 Å². The maximum absolute atomic E-state index is 12.1. The normalized spacial score (nSPS) is 10.4. The van der Waals surface area contributed by atoms with Crippen molar-refractivity contribution in [3.05, 3.63) is 46.2 Å². The van der Waals surface area contributed by atoms with Crippen LogP contribution in [-0.2, 0) is 7.05 Å². The molecule has 2 aromatic rings. The van der Waals surface area contributed by atoms with Gasteiger partial charge in [0.25, 0.3) is 5.91 Å². The van der Waals surface area contributed by atoms with Gasteiger partial charge in [-0.2, -0.15) is 5.10 Å². The first-order valence-corrected chi connectivity index (χ1v) is 5.92. The monoisotopic (exact) mass is 263 g/mol. The second kappa shape index (κ2) is 4.82. The molecule has 0 radical (unpaired) electrons. The average Bonchev–Trinajstić information content (AvgIpc) is 2.56. The van der Waals surface area contributed by atoms with Gasteiger partial charge in [0, 0.05) is 12.7 Å². The third-order valence-corrected chi connectivity index (χ3v) is 2.87. The highest BCUT2D eigenvalue weighted by molar-refractivity contribution is 6.34. The molecule has 0 aliphatic rings. The zero-order valence-corrected chi connectivity index (χ0v) is 11.2. The molecule has 5 heteroatoms. The molecule has 1 N–H and O–H groups in total. The standard InChI is InChI=1S/C13H14ClN3O/c1-8-4-9(2)6-10(5-8)16-13(18)12-11(14)7-15-17(12)3/h4-7H,1-3H3,(H,16,18). The first kappa shape index (κ1) is 12.6. The minimum absolute atomic E-state index is 0.259. The lowest BCUT2D eigenvalue weighted by Gasteiger charge is -2.08. The third-order valence-electron chi connectivity index (χ3n) is 2.59. The largest absolute Gasteiger partial charge is 0.321 e. The van der Waals surface area contributed by atoms with E-state index in [0.29, 0.717) is 10.7 Å². The first-order chi connectivity index (χ1) is 8.47. The van der Waals surface area contributed by atoms with E-state index in [1.807, 2.05) is 32.0 Å². The summed E-state index contributed by atoms with van der Waals surface area (Å²) in [6.45, 7) is 3.97. The number of nitrogens with zero attached hydrogens (tertiary/aromatic N) is 2. The minimum Gasteiger partial charge on any atom is -0.321 e. The van der Waals surface area contributed by atoms with Gasteiger partial charge in [0.2, 0.25) is 0 Å². The summed E-state index contributed by atoms with van der Waals surface area (Å²) in [4.78, 5) is 12.1. The molecule has 0 aliphatic heterocycles. The quantitative estimate of drug-likeness (QED) is 0.906. The number of anilines is 1. The maximum atomic E-state index is 12.1. The van der Waals surface area contributed by atoms with Gasteiger partial charge in [-0.3, -0.25) is 9.48 Å². The highest BCUT2D eigenvalue weighted by atomic mass is 35.5. The van der Waals surface area contributed by atoms with Crippen LogP contribution in [0, 0.1) is 13.8 Å². The van der Waals surface area contributed by atoms with Crippen LogP contribution < -0.4 is 5.32 Å². The van der Waals surface area contributed by atoms with E-state index < -0.39 is 0 Å². The molecular formula is C13H14ClN3O. The summed E-state index contributed by atoms with van der Waals surface area (Å²) < 4.78 is 1.46. The van der Waals surface area contributed by atoms with Crippen molar-refractivity contribution in [3.63, 3.8) is 0 Å². The predicted octanol–water partition coefficient (Wildman–Crippen LogP) is 2.94. The average molecular weight is 264 g/mol. The Bertz CT molecular complexity index is 565. The predicted molar refractivity (Wildman–Crippen MR) is 72.1 cm³/mol. The van der Waals surface area contributed by atoms with Crippen molar-refractivity contribution >= 4 is 23.2 Å². The van der Waals surface area contributed by atoms with Gasteiger partial charge in [-0.15, -0.1) is 0 Å². The van der Waals surface area contributed by atoms with Crippen LogP contribution in [0.1, 0.15) is 21.6 Å². The van der Waals surface area contributed by atoms with E-state index in [-0.39, 0.29) is 5.91 Å². The van der Waals surface area contributed by atoms with Crippen LogP contribution in [-0.4, -0.2) is 15.7 Å². The molecule has 0 aliphatic carbocycles. The molecule has 0 unspecified atom stereocenters. The first-order valence-electron chi connectivity index (χ1n) is 5.54. The van der Waals surface area contributed by atoms with E-state index in [9.17, 15) is 4.79 Å². The lowest BCUT2D eigenvalue weighted by Crippen LogP contribution is -2.16. The fourth-order valence-electron chi connectivity index (χ4n) is 1.90. The Hall–Kier alpha value is -1.81. The summed E-state index contributed by atoms with van der Waals surface area (Å²) in [6, 6.07) is 5.87. The second-order valence-corrected chi connectivity index (χ2v) is 4.70. The Morgan fingerprint density at radius 1 is 1.28 bits per heavy atom. The Balaban J connectivity index is 2.27. The number of rotatable bonds is 2. The Labute approximate surface area is 111 Å². The minimum atomic E-state index is -0.259. The molecule has 0 saturated carbocycles. The summed E-state index contributed by atoms with van der Waals surface area (Å²) in [5, 5.41) is 7.11. The SMILES string of the molecule is Cc1cc(C)cc(NC(=O)c2c(Cl)cnn2C)c1. The molecule has 1 amide bonds. The van der Waals surface area contributed by atoms with Crippen LogP contribution in [0.15, 0.2) is 24.4 Å². The van der Waals surface area contributed by atoms with Gasteiger partial charge in [-0.05, 0) is 37.1 Å². The summed E-state index contributed by atoms with van der Waals surface area (Å²) in [5.41, 5.74) is 3.31. The van der Waals surface area contributed by atoms with Gasteiger partial charge in [-0.1, -0.05) is 17.7 Å². The summed E-state index contributed by atoms with van der Waals surface area (Å²) in [6.07, 6.45) is 1.46. The van der Waals surface area contributed by atoms with Crippen molar-refractivity contribution in [3.8, 4) is 0 Å². The van der Waals surface area contributed by atoms with E-state index >= 15 is 0 Å². The van der Waals surface area contributed by atoms with Gasteiger partial charge in [-0.25, -0.2) is 0 Å². The molecule has 94 valence electrons. The molecule has 1 aromatic heterocycles. The summed E-state index contributed by atoms with van der Waals surface area (Å²) >= 11 is 5.92. The van der Waals surface area contributed by atoms with Crippen molar-refractivity contribution < 1.29 is 4.79 Å². The second-order valence-electron chi connectivity index (χ2n) is 4.30. The number of aromatic nitrogens is 2. The molecule has 0 spiro atoms. The molecule has 0 saturated heterocycles. The van der Waals surface area contributed by atoms with Crippen LogP contribution in [0.4, 0.5) is 5.69 Å². The van der Waals surface area contributed by atoms with E-state index in [4.69, 9.17) is 11.6 Å². The zero-order chi connectivity index (χ0) is 13.3. The molecule has 0 atom stereocenters. The van der Waals surface area contributed by atoms with E-state index in [1.165, 1.54) is 10.9 Å². The Morgan fingerprint density at radius 3 is 2.39 bits per heavy atom. The number of carbonyl (C=O) groups excluding carboxylic acids is 1. The molecule has 2 rings (SSSR count). The van der Waals surface area contributed by atoms with Crippen molar-refractivity contribution in [2.24, 2.45) is 7.05 Å². The number of amides is 1. The van der Waals surface area contributed by atoms with Crippen molar-refractivity contribution in [2.75, 3.05) is 5.32 Å². The van der Waals surface area contributed by atoms with Gasteiger partial charge in [0.15, 0.2) is 0 Å². The van der Waals surface area contributed by atoms with Crippen molar-refractivity contribution in [1.82, 2.24) is 9.78 Å². The molecule has 1 aromatic carbocycles. The van der Waals surface area contributed by atoms with Gasteiger partial charge in [0.05, 0.1) is 11.2 Å². The third kappa shape index (κ3) is 2.54. The van der Waals surface area contributed by atoms with Gasteiger partial charge in [0.1, 0.15) is 5.69 Å². The molecular weight excluding hydrogens is 250 g/mol. The van der Waals surface area contributed by atoms with Gasteiger partial charge >= 0.3 is 0 Å². The van der Waals surface area contributed by atoms with Crippen LogP contribution >= 0.6 is 11.6 Å². The number of aryl methyl sites for hydroxylation is 3. The molecule has 0 bridgehead atoms. The number of nitrogens with one attached hydrogen (secondary N) is 1. The van der Waals surface area contributed by atoms with Crippen molar-refractivity contribution in [1.29, 1.82) is 0 Å². The van der Waals surface area contributed by atoms with Crippen LogP contribution in [0.3, 0.4) is 0 Å². The highest BCUT2D eigenvalue weighted by Gasteiger charge is 2.15. The van der Waals surface area contributed by atoms with E-state index in [1.54, 1.807) is 7.05 Å². The Morgan fingerprint density at radius 2 is 1.89 bits per heavy atom. The fourth-order valence-corrected chi connectivity index (χ4v) is 2.16. The zero-order valence-electron chi connectivity index (χ0n) is 10.5. The van der Waals surface area contributed by atoms with Crippen LogP contribution in [0.5, 0.6) is 0 Å². The molecule has 18 heavy (non-hydrogen) atoms. The smallest absolute Gasteiger partial charge is 0.275 e. The molecule has 4 nitrogen and oxygen atoms in total. The molecule has 0 fully saturated rings. The fraction of sp³-hybridized carbons (Fsp3) is 0.231. The van der Waals surface area contributed by atoms with E-state index in [2.05, 4.69) is 10.4 Å². The summed E-state index contributed by atoms with van der Waals surface area (Å²) in [7, 11) is 1.68. The van der Waals surface area contributed by atoms with Crippen LogP contribution in [0.25, 0.3) is 0 Å². The molecule has 1 heterocycles. The van der Waals surface area contributed by atoms with Gasteiger partial charge < -0.3 is 5.32 Å². The number of benzene rings is 1. The summed E-state index contributed by atoms with van der Waals surface area (Å²) in [5.74, 6) is -0.259. The lowest BCUT2D eigenvalue weighted by atomic mass is 10.1. The topological polar surface area (TPSA) is 46.9 Å². The van der Waals surface area contributed by atoms with E-state index in [0.717, 1.165) is 16.8 Å². The van der Waals surface area contributed by atoms with Crippen LogP contribution in [0.2, 0.25) is 5.02 Å². The number of carbonyl (C=O) groups is 1. The lowest BCUT2D eigenvalue weighted by molar-refractivity contribution is 0.101. The number of hydrogen-bond acceptors (Lipinski definition) is 2. The number of hydrogen-bond donors (Lipinski definition) is 1.